The van der Waals surface area contributed by atoms with Crippen molar-refractivity contribution in [1.29, 1.82) is 0 Å². The smallest absolute Gasteiger partial charge is 0.123 e. The van der Waals surface area contributed by atoms with Crippen molar-refractivity contribution in [2.24, 2.45) is 0 Å². The van der Waals surface area contributed by atoms with E-state index in [2.05, 4.69) is 46.7 Å². The van der Waals surface area contributed by atoms with Crippen molar-refractivity contribution < 1.29 is 13.7 Å². The van der Waals surface area contributed by atoms with Gasteiger partial charge in [0.15, 0.2) is 0 Å². The standard InChI is InChI=1S/C24H38N2O3S/c1-4-19-16-26-15-7-9-22(25-30(2,3)27)23(26)17-28-20-13-11-18(12-14-20)21-8-5-6-10-24(21)29-19/h5-6,8,10,18-20,22-23H,2,4,7,9,11-17H2,1,3H3,(H,25,27)/t18?,19-,20?,22-,23?,30?/m0/s1. The fraction of sp³-hybridized carbons (Fsp3) is 0.708. The van der Waals surface area contributed by atoms with E-state index >= 15 is 0 Å². The van der Waals surface area contributed by atoms with Gasteiger partial charge in [-0.3, -0.25) is 9.11 Å². The molecule has 0 spiro atoms. The van der Waals surface area contributed by atoms with Crippen LogP contribution in [0.15, 0.2) is 24.3 Å². The van der Waals surface area contributed by atoms with Gasteiger partial charge in [0.1, 0.15) is 11.9 Å². The molecule has 1 N–H and O–H groups in total. The number of ether oxygens (including phenoxy) is 2. The Hall–Kier alpha value is -1.08. The highest BCUT2D eigenvalue weighted by Gasteiger charge is 2.36. The quantitative estimate of drug-likeness (QED) is 0.739. The second kappa shape index (κ2) is 9.60. The average molecular weight is 435 g/mol. The summed E-state index contributed by atoms with van der Waals surface area (Å²) in [4.78, 5) is 2.51. The lowest BCUT2D eigenvalue weighted by molar-refractivity contribution is -0.0334. The van der Waals surface area contributed by atoms with Gasteiger partial charge in [-0.1, -0.05) is 25.1 Å². The Bertz CT molecular complexity index is 804. The molecule has 4 aliphatic rings. The number of fused-ring (bicyclic) bond motifs is 5. The first-order chi connectivity index (χ1) is 14.4. The summed E-state index contributed by atoms with van der Waals surface area (Å²) in [6, 6.07) is 8.97. The zero-order chi connectivity index (χ0) is 21.1. The topological polar surface area (TPSA) is 50.8 Å². The Morgan fingerprint density at radius 2 is 1.97 bits per heavy atom. The number of benzene rings is 1. The van der Waals surface area contributed by atoms with Crippen LogP contribution in [0.3, 0.4) is 0 Å². The van der Waals surface area contributed by atoms with E-state index in [1.807, 2.05) is 0 Å². The molecule has 2 bridgehead atoms. The number of nitrogens with one attached hydrogen (secondary N) is 1. The maximum Gasteiger partial charge on any atom is 0.123 e. The van der Waals surface area contributed by atoms with Crippen LogP contribution in [0.1, 0.15) is 63.4 Å². The monoisotopic (exact) mass is 434 g/mol. The van der Waals surface area contributed by atoms with Crippen LogP contribution in [0, 0.1) is 0 Å². The third-order valence-electron chi connectivity index (χ3n) is 7.02. The fourth-order valence-corrected chi connectivity index (χ4v) is 6.34. The molecule has 5 rings (SSSR count). The lowest BCUT2D eigenvalue weighted by Crippen LogP contribution is -2.58. The Morgan fingerprint density at radius 1 is 1.20 bits per heavy atom. The normalized spacial score (nSPS) is 34.9. The van der Waals surface area contributed by atoms with Crippen LogP contribution in [0.2, 0.25) is 0 Å². The maximum absolute atomic E-state index is 12.4. The van der Waals surface area contributed by atoms with Crippen molar-refractivity contribution >= 4 is 15.6 Å². The number of para-hydroxylation sites is 1. The van der Waals surface area contributed by atoms with Gasteiger partial charge in [-0.05, 0) is 74.9 Å². The molecule has 1 aliphatic carbocycles. The Kier molecular flexibility index (Phi) is 7.08. The van der Waals surface area contributed by atoms with E-state index in [0.29, 0.717) is 18.6 Å². The first-order valence-corrected chi connectivity index (χ1v) is 13.8. The molecule has 168 valence electrons. The van der Waals surface area contributed by atoms with E-state index in [9.17, 15) is 4.21 Å². The molecular weight excluding hydrogens is 396 g/mol. The first-order valence-electron chi connectivity index (χ1n) is 11.6. The van der Waals surface area contributed by atoms with Gasteiger partial charge in [-0.2, -0.15) is 0 Å². The lowest BCUT2D eigenvalue weighted by atomic mass is 9.82. The predicted molar refractivity (Wildman–Crippen MR) is 125 cm³/mol. The number of rotatable bonds is 3. The highest BCUT2D eigenvalue weighted by molar-refractivity contribution is 7.97. The van der Waals surface area contributed by atoms with Gasteiger partial charge in [-0.25, -0.2) is 4.72 Å². The van der Waals surface area contributed by atoms with Crippen LogP contribution in [-0.2, 0) is 14.4 Å². The summed E-state index contributed by atoms with van der Waals surface area (Å²) in [5, 5.41) is 0. The van der Waals surface area contributed by atoms with Crippen LogP contribution in [0.25, 0.3) is 0 Å². The number of hydrogen-bond donors (Lipinski definition) is 1. The maximum atomic E-state index is 12.4. The second-order valence-electron chi connectivity index (χ2n) is 9.43. The SMILES string of the molecule is C=S(C)(=O)N[C@H]1CCCN2C[C@H](CC)Oc3ccccc3C3CCC(CC3)OCC12. The van der Waals surface area contributed by atoms with Gasteiger partial charge in [0.2, 0.25) is 0 Å². The van der Waals surface area contributed by atoms with Crippen molar-refractivity contribution in [1.82, 2.24) is 9.62 Å². The van der Waals surface area contributed by atoms with Gasteiger partial charge in [0.05, 0.1) is 12.7 Å². The third-order valence-corrected chi connectivity index (χ3v) is 7.82. The molecule has 0 radical (unpaired) electrons. The van der Waals surface area contributed by atoms with Crippen molar-refractivity contribution in [3.05, 3.63) is 29.8 Å². The van der Waals surface area contributed by atoms with E-state index in [1.165, 1.54) is 5.56 Å². The van der Waals surface area contributed by atoms with Crippen LogP contribution >= 0.6 is 0 Å². The summed E-state index contributed by atoms with van der Waals surface area (Å²) >= 11 is 0. The molecule has 3 heterocycles. The van der Waals surface area contributed by atoms with E-state index in [1.54, 1.807) is 6.26 Å². The van der Waals surface area contributed by atoms with Gasteiger partial charge in [-0.15, -0.1) is 0 Å². The van der Waals surface area contributed by atoms with E-state index in [-0.39, 0.29) is 18.2 Å². The Labute approximate surface area is 182 Å². The predicted octanol–water partition coefficient (Wildman–Crippen LogP) is 3.58. The summed E-state index contributed by atoms with van der Waals surface area (Å²) in [7, 11) is -2.26. The minimum atomic E-state index is -2.26. The summed E-state index contributed by atoms with van der Waals surface area (Å²) in [6.07, 6.45) is 9.72. The minimum absolute atomic E-state index is 0.135. The second-order valence-corrected chi connectivity index (χ2v) is 11.7. The molecule has 1 saturated heterocycles. The van der Waals surface area contributed by atoms with E-state index in [4.69, 9.17) is 9.47 Å². The van der Waals surface area contributed by atoms with Crippen LogP contribution in [0.4, 0.5) is 0 Å². The van der Waals surface area contributed by atoms with E-state index in [0.717, 1.165) is 63.8 Å². The third kappa shape index (κ3) is 5.39. The number of piperidine rings is 1. The molecule has 1 aromatic carbocycles. The molecule has 2 fully saturated rings. The summed E-state index contributed by atoms with van der Waals surface area (Å²) in [5.74, 6) is 5.47. The highest BCUT2D eigenvalue weighted by Crippen LogP contribution is 2.39. The zero-order valence-electron chi connectivity index (χ0n) is 18.6. The highest BCUT2D eigenvalue weighted by atomic mass is 32.2. The average Bonchev–Trinajstić information content (AvgIpc) is 2.74. The molecular formula is C24H38N2O3S. The molecule has 6 heteroatoms. The fourth-order valence-electron chi connectivity index (χ4n) is 5.42. The van der Waals surface area contributed by atoms with Crippen LogP contribution in [-0.4, -0.2) is 65.2 Å². The van der Waals surface area contributed by atoms with Crippen molar-refractivity contribution in [2.75, 3.05) is 26.0 Å². The van der Waals surface area contributed by atoms with Crippen LogP contribution in [0.5, 0.6) is 5.75 Å². The lowest BCUT2D eigenvalue weighted by Gasteiger charge is -2.43. The molecule has 0 amide bonds. The molecule has 3 aliphatic heterocycles. The summed E-state index contributed by atoms with van der Waals surface area (Å²) in [6.45, 7) is 4.79. The van der Waals surface area contributed by atoms with Crippen molar-refractivity contribution in [2.45, 2.75) is 82.1 Å². The Balaban J connectivity index is 1.62. The van der Waals surface area contributed by atoms with Crippen LogP contribution < -0.4 is 9.46 Å². The molecule has 5 nitrogen and oxygen atoms in total. The molecule has 2 unspecified atom stereocenters. The summed E-state index contributed by atoms with van der Waals surface area (Å²) < 4.78 is 28.9. The number of nitrogens with zero attached hydrogens (tertiary/aromatic N) is 1. The van der Waals surface area contributed by atoms with Crippen molar-refractivity contribution in [3.8, 4) is 5.75 Å². The largest absolute Gasteiger partial charge is 0.489 e. The van der Waals surface area contributed by atoms with Crippen molar-refractivity contribution in [3.63, 3.8) is 0 Å². The molecule has 30 heavy (non-hydrogen) atoms. The summed E-state index contributed by atoms with van der Waals surface area (Å²) in [5.41, 5.74) is 1.37. The van der Waals surface area contributed by atoms with E-state index < -0.39 is 9.71 Å². The minimum Gasteiger partial charge on any atom is -0.489 e. The van der Waals surface area contributed by atoms with Gasteiger partial charge >= 0.3 is 0 Å². The number of hydrogen-bond acceptors (Lipinski definition) is 4. The first kappa shape index (κ1) is 22.1. The van der Waals surface area contributed by atoms with Gasteiger partial charge in [0.25, 0.3) is 0 Å². The zero-order valence-corrected chi connectivity index (χ0v) is 19.4. The molecule has 0 aromatic heterocycles. The van der Waals surface area contributed by atoms with Gasteiger partial charge < -0.3 is 9.47 Å². The van der Waals surface area contributed by atoms with Gasteiger partial charge in [0, 0.05) is 34.6 Å². The Morgan fingerprint density at radius 3 is 2.70 bits per heavy atom. The molecule has 1 aromatic rings. The molecule has 4 atom stereocenters. The molecule has 1 saturated carbocycles.